The van der Waals surface area contributed by atoms with Gasteiger partial charge in [-0.2, -0.15) is 4.72 Å². The van der Waals surface area contributed by atoms with E-state index in [-0.39, 0.29) is 21.5 Å². The van der Waals surface area contributed by atoms with Crippen LogP contribution in [-0.4, -0.2) is 25.4 Å². The largest absolute Gasteiger partial charge is 0.458 e. The van der Waals surface area contributed by atoms with Crippen LogP contribution in [0.1, 0.15) is 18.2 Å². The van der Waals surface area contributed by atoms with E-state index in [0.717, 1.165) is 11.3 Å². The number of sulfonamides is 1. The van der Waals surface area contributed by atoms with Crippen molar-refractivity contribution in [1.29, 1.82) is 0 Å². The summed E-state index contributed by atoms with van der Waals surface area (Å²) in [6, 6.07) is 10.6. The van der Waals surface area contributed by atoms with Gasteiger partial charge in [0.1, 0.15) is 12.6 Å². The number of carbonyl (C=O) groups is 1. The number of carbonyl (C=O) groups excluding carboxylic acids is 1. The van der Waals surface area contributed by atoms with Gasteiger partial charge in [-0.3, -0.25) is 4.79 Å². The Kier molecular flexibility index (Phi) is 7.55. The molecule has 1 heterocycles. The second-order valence-corrected chi connectivity index (χ2v) is 10.0. The van der Waals surface area contributed by atoms with Gasteiger partial charge in [0.25, 0.3) is 0 Å². The molecule has 0 saturated heterocycles. The van der Waals surface area contributed by atoms with Crippen LogP contribution in [0.3, 0.4) is 0 Å². The van der Waals surface area contributed by atoms with Crippen molar-refractivity contribution < 1.29 is 17.9 Å². The Labute approximate surface area is 194 Å². The van der Waals surface area contributed by atoms with Crippen molar-refractivity contribution in [2.75, 3.05) is 5.32 Å². The van der Waals surface area contributed by atoms with Crippen LogP contribution in [0.4, 0.5) is 10.8 Å². The molecule has 0 radical (unpaired) electrons. The molecule has 164 valence electrons. The summed E-state index contributed by atoms with van der Waals surface area (Å²) in [5.74, 6) is -0.732. The van der Waals surface area contributed by atoms with Crippen molar-refractivity contribution in [2.24, 2.45) is 0 Å². The summed E-state index contributed by atoms with van der Waals surface area (Å²) in [6.07, 6.45) is 0. The van der Waals surface area contributed by atoms with E-state index in [1.807, 2.05) is 31.2 Å². The number of rotatable bonds is 8. The third kappa shape index (κ3) is 6.41. The third-order valence-electron chi connectivity index (χ3n) is 4.10. The lowest BCUT2D eigenvalue weighted by Gasteiger charge is -2.13. The summed E-state index contributed by atoms with van der Waals surface area (Å²) in [7, 11) is -3.98. The van der Waals surface area contributed by atoms with Gasteiger partial charge in [-0.1, -0.05) is 40.9 Å². The van der Waals surface area contributed by atoms with Crippen molar-refractivity contribution in [1.82, 2.24) is 9.71 Å². The van der Waals surface area contributed by atoms with Gasteiger partial charge < -0.3 is 10.1 Å². The van der Waals surface area contributed by atoms with Crippen LogP contribution >= 0.6 is 34.5 Å². The minimum atomic E-state index is -3.98. The van der Waals surface area contributed by atoms with Crippen molar-refractivity contribution in [3.05, 3.63) is 69.1 Å². The number of hydrogen-bond acceptors (Lipinski definition) is 7. The van der Waals surface area contributed by atoms with Crippen LogP contribution in [0, 0.1) is 6.92 Å². The predicted molar refractivity (Wildman–Crippen MR) is 123 cm³/mol. The van der Waals surface area contributed by atoms with E-state index < -0.39 is 22.0 Å². The molecule has 2 N–H and O–H groups in total. The van der Waals surface area contributed by atoms with Crippen molar-refractivity contribution in [3.63, 3.8) is 0 Å². The number of benzene rings is 2. The third-order valence-corrected chi connectivity index (χ3v) is 7.19. The van der Waals surface area contributed by atoms with Crippen molar-refractivity contribution in [3.8, 4) is 0 Å². The zero-order valence-electron chi connectivity index (χ0n) is 16.6. The number of aromatic nitrogens is 1. The van der Waals surface area contributed by atoms with E-state index in [1.165, 1.54) is 36.5 Å². The molecule has 2 aromatic carbocycles. The number of hydrogen-bond donors (Lipinski definition) is 2. The number of nitrogens with zero attached hydrogens (tertiary/aromatic N) is 1. The van der Waals surface area contributed by atoms with Gasteiger partial charge in [-0.05, 0) is 44.2 Å². The Hall–Kier alpha value is -2.17. The van der Waals surface area contributed by atoms with Crippen molar-refractivity contribution >= 4 is 61.4 Å². The molecule has 0 spiro atoms. The smallest absolute Gasteiger partial charge is 0.324 e. The zero-order valence-corrected chi connectivity index (χ0v) is 19.7. The number of ether oxygens (including phenoxy) is 1. The number of anilines is 2. The summed E-state index contributed by atoms with van der Waals surface area (Å²) in [5.41, 5.74) is 2.60. The van der Waals surface area contributed by atoms with Crippen LogP contribution in [0.15, 0.2) is 52.7 Å². The van der Waals surface area contributed by atoms with Gasteiger partial charge in [0.05, 0.1) is 20.6 Å². The standard InChI is InChI=1S/C20H19Cl2N3O4S2/c1-12-3-5-14(6-4-12)23-20-24-15(11-30-20)10-29-19(26)13(2)25-31(27,28)16-7-8-17(21)18(22)9-16/h3-9,11,13,25H,10H2,1-2H3,(H,23,24). The predicted octanol–water partition coefficient (Wildman–Crippen LogP) is 4.91. The fraction of sp³-hybridized carbons (Fsp3) is 0.200. The highest BCUT2D eigenvalue weighted by Gasteiger charge is 2.24. The van der Waals surface area contributed by atoms with Gasteiger partial charge in [0.15, 0.2) is 5.13 Å². The van der Waals surface area contributed by atoms with Crippen LogP contribution in [-0.2, 0) is 26.2 Å². The van der Waals surface area contributed by atoms with E-state index in [9.17, 15) is 13.2 Å². The minimum absolute atomic E-state index is 0.0796. The Morgan fingerprint density at radius 2 is 1.87 bits per heavy atom. The lowest BCUT2D eigenvalue weighted by molar-refractivity contribution is -0.146. The topological polar surface area (TPSA) is 97.4 Å². The molecule has 0 fully saturated rings. The molecule has 0 aliphatic heterocycles. The van der Waals surface area contributed by atoms with E-state index in [4.69, 9.17) is 27.9 Å². The zero-order chi connectivity index (χ0) is 22.6. The molecule has 0 aliphatic carbocycles. The Morgan fingerprint density at radius 1 is 1.16 bits per heavy atom. The number of nitrogens with one attached hydrogen (secondary N) is 2. The van der Waals surface area contributed by atoms with Crippen LogP contribution in [0.25, 0.3) is 0 Å². The van der Waals surface area contributed by atoms with Gasteiger partial charge in [0, 0.05) is 11.1 Å². The molecule has 0 aliphatic rings. The lowest BCUT2D eigenvalue weighted by Crippen LogP contribution is -2.39. The van der Waals surface area contributed by atoms with Crippen LogP contribution in [0.5, 0.6) is 0 Å². The monoisotopic (exact) mass is 499 g/mol. The summed E-state index contributed by atoms with van der Waals surface area (Å²) in [6.45, 7) is 3.32. The van der Waals surface area contributed by atoms with E-state index in [1.54, 1.807) is 5.38 Å². The second kappa shape index (κ2) is 9.97. The normalized spacial score (nSPS) is 12.4. The quantitative estimate of drug-likeness (QED) is 0.427. The first-order valence-electron chi connectivity index (χ1n) is 9.06. The summed E-state index contributed by atoms with van der Waals surface area (Å²) < 4.78 is 32.3. The molecule has 3 rings (SSSR count). The summed E-state index contributed by atoms with van der Waals surface area (Å²) in [4.78, 5) is 16.5. The van der Waals surface area contributed by atoms with Gasteiger partial charge in [0.2, 0.25) is 10.0 Å². The Balaban J connectivity index is 1.54. The van der Waals surface area contributed by atoms with Crippen LogP contribution in [0.2, 0.25) is 10.0 Å². The van der Waals surface area contributed by atoms with E-state index in [2.05, 4.69) is 15.0 Å². The first-order chi connectivity index (χ1) is 14.6. The molecule has 0 bridgehead atoms. The molecule has 1 unspecified atom stereocenters. The molecule has 1 atom stereocenters. The molecule has 11 heteroatoms. The number of aryl methyl sites for hydroxylation is 1. The fourth-order valence-electron chi connectivity index (χ4n) is 2.45. The highest BCUT2D eigenvalue weighted by atomic mass is 35.5. The van der Waals surface area contributed by atoms with E-state index in [0.29, 0.717) is 10.8 Å². The molecule has 3 aromatic rings. The number of esters is 1. The molecule has 1 aromatic heterocycles. The highest BCUT2D eigenvalue weighted by Crippen LogP contribution is 2.25. The molecule has 0 saturated carbocycles. The van der Waals surface area contributed by atoms with Crippen LogP contribution < -0.4 is 10.0 Å². The summed E-state index contributed by atoms with van der Waals surface area (Å²) in [5, 5.41) is 5.91. The molecular weight excluding hydrogens is 481 g/mol. The summed E-state index contributed by atoms with van der Waals surface area (Å²) >= 11 is 13.0. The molecular formula is C20H19Cl2N3O4S2. The first kappa shape index (κ1) is 23.5. The lowest BCUT2D eigenvalue weighted by atomic mass is 10.2. The Morgan fingerprint density at radius 3 is 2.55 bits per heavy atom. The van der Waals surface area contributed by atoms with Crippen molar-refractivity contribution in [2.45, 2.75) is 31.4 Å². The number of halogens is 2. The fourth-order valence-corrected chi connectivity index (χ4v) is 4.75. The SMILES string of the molecule is Cc1ccc(Nc2nc(COC(=O)C(C)NS(=O)(=O)c3ccc(Cl)c(Cl)c3)cs2)cc1. The average Bonchev–Trinajstić information content (AvgIpc) is 3.16. The molecule has 31 heavy (non-hydrogen) atoms. The maximum Gasteiger partial charge on any atom is 0.324 e. The maximum atomic E-state index is 12.4. The highest BCUT2D eigenvalue weighted by molar-refractivity contribution is 7.89. The maximum absolute atomic E-state index is 12.4. The first-order valence-corrected chi connectivity index (χ1v) is 12.2. The van der Waals surface area contributed by atoms with Gasteiger partial charge in [-0.25, -0.2) is 13.4 Å². The molecule has 7 nitrogen and oxygen atoms in total. The molecule has 0 amide bonds. The average molecular weight is 500 g/mol. The van der Waals surface area contributed by atoms with E-state index >= 15 is 0 Å². The Bertz CT molecular complexity index is 1180. The minimum Gasteiger partial charge on any atom is -0.458 e. The number of thiazole rings is 1. The second-order valence-electron chi connectivity index (χ2n) is 6.66. The van der Waals surface area contributed by atoms with Gasteiger partial charge in [-0.15, -0.1) is 11.3 Å². The van der Waals surface area contributed by atoms with Gasteiger partial charge >= 0.3 is 5.97 Å².